The second kappa shape index (κ2) is 9.79. The third kappa shape index (κ3) is 9.79. The Kier molecular flexibility index (Phi) is 9.60. The Balaban J connectivity index is 2.97. The molecule has 0 bridgehead atoms. The van der Waals surface area contributed by atoms with Crippen molar-refractivity contribution < 1.29 is 0 Å². The van der Waals surface area contributed by atoms with E-state index in [1.165, 1.54) is 19.3 Å². The molecule has 0 amide bonds. The largest absolute Gasteiger partial charge is 0.257 e. The smallest absolute Gasteiger partial charge is 0.0240 e. The Bertz CT molecular complexity index is 110. The van der Waals surface area contributed by atoms with Gasteiger partial charge in [-0.25, -0.2) is 0 Å². The lowest BCUT2D eigenvalue weighted by Gasteiger charge is -1.92. The van der Waals surface area contributed by atoms with E-state index in [2.05, 4.69) is 29.7 Å². The third-order valence-corrected chi connectivity index (χ3v) is 1.86. The molecular formula is C9H17NS. The molecule has 0 saturated heterocycles. The molecule has 2 heteroatoms. The molecule has 0 aromatic rings. The van der Waals surface area contributed by atoms with Crippen LogP contribution < -0.4 is 4.72 Å². The number of nitrogens with one attached hydrogen (secondary N) is 1. The van der Waals surface area contributed by atoms with E-state index in [-0.39, 0.29) is 0 Å². The summed E-state index contributed by atoms with van der Waals surface area (Å²) in [6, 6.07) is 0. The number of hydrogen-bond donors (Lipinski definition) is 1. The van der Waals surface area contributed by atoms with Gasteiger partial charge in [-0.3, -0.25) is 4.72 Å². The van der Waals surface area contributed by atoms with Gasteiger partial charge in [0.1, 0.15) is 0 Å². The van der Waals surface area contributed by atoms with E-state index in [4.69, 9.17) is 0 Å². The fourth-order valence-electron chi connectivity index (χ4n) is 0.593. The molecule has 0 aromatic heterocycles. The molecule has 0 unspecified atom stereocenters. The first-order valence-corrected chi connectivity index (χ1v) is 4.94. The van der Waals surface area contributed by atoms with Gasteiger partial charge >= 0.3 is 0 Å². The molecule has 11 heavy (non-hydrogen) atoms. The first-order chi connectivity index (χ1) is 5.41. The molecular weight excluding hydrogens is 154 g/mol. The lowest BCUT2D eigenvalue weighted by molar-refractivity contribution is 0.815. The SMILES string of the molecule is C=CCNS/C=C/CCCC. The van der Waals surface area contributed by atoms with Gasteiger partial charge < -0.3 is 0 Å². The average molecular weight is 171 g/mol. The van der Waals surface area contributed by atoms with Crippen LogP contribution in [0, 0.1) is 0 Å². The molecule has 0 aliphatic rings. The Morgan fingerprint density at radius 1 is 1.55 bits per heavy atom. The molecule has 0 aliphatic heterocycles. The number of unbranched alkanes of at least 4 members (excludes halogenated alkanes) is 2. The molecule has 0 saturated carbocycles. The molecule has 0 atom stereocenters. The normalized spacial score (nSPS) is 10.6. The minimum atomic E-state index is 0.864. The number of hydrogen-bond acceptors (Lipinski definition) is 2. The molecule has 1 nitrogen and oxygen atoms in total. The van der Waals surface area contributed by atoms with E-state index in [0.717, 1.165) is 6.54 Å². The summed E-state index contributed by atoms with van der Waals surface area (Å²) < 4.78 is 3.12. The summed E-state index contributed by atoms with van der Waals surface area (Å²) in [5.41, 5.74) is 0. The minimum absolute atomic E-state index is 0.864. The van der Waals surface area contributed by atoms with Crippen molar-refractivity contribution in [3.63, 3.8) is 0 Å². The van der Waals surface area contributed by atoms with Gasteiger partial charge in [-0.2, -0.15) is 0 Å². The molecule has 0 radical (unpaired) electrons. The monoisotopic (exact) mass is 171 g/mol. The quantitative estimate of drug-likeness (QED) is 0.359. The van der Waals surface area contributed by atoms with Crippen LogP contribution in [0.4, 0.5) is 0 Å². The average Bonchev–Trinajstić information content (AvgIpc) is 2.03. The van der Waals surface area contributed by atoms with Crippen LogP contribution in [0.2, 0.25) is 0 Å². The van der Waals surface area contributed by atoms with Crippen LogP contribution in [-0.2, 0) is 0 Å². The summed E-state index contributed by atoms with van der Waals surface area (Å²) in [6.07, 6.45) is 7.81. The van der Waals surface area contributed by atoms with Gasteiger partial charge in [0.2, 0.25) is 0 Å². The zero-order valence-corrected chi connectivity index (χ0v) is 7.99. The van der Waals surface area contributed by atoms with E-state index in [0.29, 0.717) is 0 Å². The minimum Gasteiger partial charge on any atom is -0.257 e. The van der Waals surface area contributed by atoms with E-state index in [1.54, 1.807) is 11.9 Å². The lowest BCUT2D eigenvalue weighted by atomic mass is 10.2. The molecule has 0 rings (SSSR count). The van der Waals surface area contributed by atoms with Gasteiger partial charge in [0, 0.05) is 6.54 Å². The fourth-order valence-corrected chi connectivity index (χ4v) is 1.14. The summed E-state index contributed by atoms with van der Waals surface area (Å²) in [5.74, 6) is 0. The molecule has 64 valence electrons. The molecule has 0 aromatic carbocycles. The van der Waals surface area contributed by atoms with Crippen molar-refractivity contribution in [2.75, 3.05) is 6.54 Å². The topological polar surface area (TPSA) is 12.0 Å². The standard InChI is InChI=1S/C9H17NS/c1-3-5-6-7-9-11-10-8-4-2/h4,7,9-10H,2-3,5-6,8H2,1H3/b9-7+. The molecule has 0 fully saturated rings. The van der Waals surface area contributed by atoms with Gasteiger partial charge in [-0.05, 0) is 11.8 Å². The first-order valence-electron chi connectivity index (χ1n) is 4.06. The van der Waals surface area contributed by atoms with E-state index in [9.17, 15) is 0 Å². The maximum absolute atomic E-state index is 3.61. The summed E-state index contributed by atoms with van der Waals surface area (Å²) in [7, 11) is 0. The Hall–Kier alpha value is -0.210. The van der Waals surface area contributed by atoms with Crippen LogP contribution in [0.3, 0.4) is 0 Å². The molecule has 1 N–H and O–H groups in total. The second-order valence-corrected chi connectivity index (χ2v) is 3.07. The highest BCUT2D eigenvalue weighted by molar-refractivity contribution is 8.00. The van der Waals surface area contributed by atoms with Crippen molar-refractivity contribution in [1.82, 2.24) is 4.72 Å². The summed E-state index contributed by atoms with van der Waals surface area (Å²) in [4.78, 5) is 0. The van der Waals surface area contributed by atoms with Crippen molar-refractivity contribution in [3.8, 4) is 0 Å². The highest BCUT2D eigenvalue weighted by Crippen LogP contribution is 2.00. The summed E-state index contributed by atoms with van der Waals surface area (Å²) >= 11 is 1.63. The van der Waals surface area contributed by atoms with E-state index >= 15 is 0 Å². The van der Waals surface area contributed by atoms with Crippen LogP contribution in [-0.4, -0.2) is 6.54 Å². The predicted molar refractivity (Wildman–Crippen MR) is 54.5 cm³/mol. The zero-order valence-electron chi connectivity index (χ0n) is 7.18. The van der Waals surface area contributed by atoms with Crippen molar-refractivity contribution in [1.29, 1.82) is 0 Å². The van der Waals surface area contributed by atoms with Gasteiger partial charge in [0.15, 0.2) is 0 Å². The van der Waals surface area contributed by atoms with Gasteiger partial charge in [0.05, 0.1) is 0 Å². The number of rotatable bonds is 7. The maximum Gasteiger partial charge on any atom is 0.0240 e. The predicted octanol–water partition coefficient (Wildman–Crippen LogP) is 3.11. The molecule has 0 spiro atoms. The highest BCUT2D eigenvalue weighted by Gasteiger charge is 1.78. The van der Waals surface area contributed by atoms with Crippen LogP contribution in [0.1, 0.15) is 26.2 Å². The Morgan fingerprint density at radius 3 is 3.00 bits per heavy atom. The zero-order chi connectivity index (χ0) is 8.36. The van der Waals surface area contributed by atoms with Gasteiger partial charge in [-0.1, -0.05) is 43.9 Å². The Labute approximate surface area is 74.1 Å². The molecule has 0 heterocycles. The van der Waals surface area contributed by atoms with E-state index in [1.807, 2.05) is 6.08 Å². The lowest BCUT2D eigenvalue weighted by Crippen LogP contribution is -1.99. The Morgan fingerprint density at radius 2 is 2.36 bits per heavy atom. The second-order valence-electron chi connectivity index (χ2n) is 2.27. The number of allylic oxidation sites excluding steroid dienone is 1. The highest BCUT2D eigenvalue weighted by atomic mass is 32.2. The van der Waals surface area contributed by atoms with Crippen LogP contribution in [0.15, 0.2) is 24.1 Å². The molecule has 0 aliphatic carbocycles. The van der Waals surface area contributed by atoms with Crippen molar-refractivity contribution in [2.45, 2.75) is 26.2 Å². The van der Waals surface area contributed by atoms with Crippen LogP contribution in [0.5, 0.6) is 0 Å². The van der Waals surface area contributed by atoms with Crippen LogP contribution in [0.25, 0.3) is 0 Å². The summed E-state index contributed by atoms with van der Waals surface area (Å²) in [6.45, 7) is 6.68. The third-order valence-electron chi connectivity index (χ3n) is 1.20. The van der Waals surface area contributed by atoms with Crippen molar-refractivity contribution >= 4 is 11.9 Å². The first kappa shape index (κ1) is 10.8. The maximum atomic E-state index is 3.61. The fraction of sp³-hybridized carbons (Fsp3) is 0.556. The summed E-state index contributed by atoms with van der Waals surface area (Å²) in [5, 5.41) is 2.10. The van der Waals surface area contributed by atoms with Gasteiger partial charge in [0.25, 0.3) is 0 Å². The van der Waals surface area contributed by atoms with Crippen molar-refractivity contribution in [2.24, 2.45) is 0 Å². The van der Waals surface area contributed by atoms with Crippen LogP contribution >= 0.6 is 11.9 Å². The van der Waals surface area contributed by atoms with Crippen molar-refractivity contribution in [3.05, 3.63) is 24.1 Å². The van der Waals surface area contributed by atoms with Gasteiger partial charge in [-0.15, -0.1) is 6.58 Å². The van der Waals surface area contributed by atoms with E-state index < -0.39 is 0 Å².